The predicted octanol–water partition coefficient (Wildman–Crippen LogP) is 4.31. The lowest BCUT2D eigenvalue weighted by atomic mass is 10.2. The van der Waals surface area contributed by atoms with Gasteiger partial charge in [-0.3, -0.25) is 9.59 Å². The third kappa shape index (κ3) is 5.39. The van der Waals surface area contributed by atoms with Crippen LogP contribution in [0.1, 0.15) is 12.7 Å². The summed E-state index contributed by atoms with van der Waals surface area (Å²) in [4.78, 5) is 25.4. The number of hydrogen-bond donors (Lipinski definition) is 2. The van der Waals surface area contributed by atoms with E-state index < -0.39 is 0 Å². The van der Waals surface area contributed by atoms with E-state index in [4.69, 9.17) is 16.0 Å². The first-order valence-corrected chi connectivity index (χ1v) is 9.50. The summed E-state index contributed by atoms with van der Waals surface area (Å²) in [7, 11) is 1.69. The van der Waals surface area contributed by atoms with Gasteiger partial charge in [0.05, 0.1) is 24.5 Å². The average molecular weight is 412 g/mol. The van der Waals surface area contributed by atoms with Crippen LogP contribution < -0.4 is 15.5 Å². The van der Waals surface area contributed by atoms with Crippen LogP contribution in [0.4, 0.5) is 11.4 Å². The number of carbonyl (C=O) groups is 2. The zero-order chi connectivity index (χ0) is 20.8. The van der Waals surface area contributed by atoms with Gasteiger partial charge < -0.3 is 20.0 Å². The fourth-order valence-corrected chi connectivity index (χ4v) is 2.88. The summed E-state index contributed by atoms with van der Waals surface area (Å²) in [6.45, 7) is 1.85. The van der Waals surface area contributed by atoms with Crippen molar-refractivity contribution in [3.8, 4) is 11.3 Å². The van der Waals surface area contributed by atoms with Crippen LogP contribution in [0.3, 0.4) is 0 Å². The van der Waals surface area contributed by atoms with Gasteiger partial charge in [0.2, 0.25) is 11.8 Å². The number of furan rings is 1. The molecule has 0 spiro atoms. The Hall–Kier alpha value is -3.25. The van der Waals surface area contributed by atoms with Crippen molar-refractivity contribution in [2.75, 3.05) is 23.8 Å². The minimum absolute atomic E-state index is 0.0769. The van der Waals surface area contributed by atoms with E-state index in [2.05, 4.69) is 10.6 Å². The Morgan fingerprint density at radius 1 is 1.03 bits per heavy atom. The summed E-state index contributed by atoms with van der Waals surface area (Å²) in [5.41, 5.74) is 2.34. The molecule has 2 N–H and O–H groups in total. The third-order valence-electron chi connectivity index (χ3n) is 4.43. The highest BCUT2D eigenvalue weighted by Gasteiger charge is 2.12. The molecule has 2 amide bonds. The van der Waals surface area contributed by atoms with E-state index in [1.54, 1.807) is 19.2 Å². The molecule has 3 rings (SSSR count). The van der Waals surface area contributed by atoms with Crippen LogP contribution in [0.2, 0.25) is 5.02 Å². The normalized spacial score (nSPS) is 10.4. The standard InChI is InChI=1S/C22H22ClN3O3/c1-15(27)26(2)20-6-4-3-5-19(20)24-14-22(28)25-13-18-11-12-21(29-18)16-7-9-17(23)10-8-16/h3-12,24H,13-14H2,1-2H3,(H,25,28). The van der Waals surface area contributed by atoms with Crippen LogP contribution in [-0.2, 0) is 16.1 Å². The summed E-state index contributed by atoms with van der Waals surface area (Å²) in [5, 5.41) is 6.55. The molecule has 2 aromatic carbocycles. The molecular weight excluding hydrogens is 390 g/mol. The molecule has 0 fully saturated rings. The van der Waals surface area contributed by atoms with E-state index in [-0.39, 0.29) is 24.9 Å². The number of amides is 2. The molecule has 0 radical (unpaired) electrons. The molecule has 1 aromatic heterocycles. The molecule has 1 heterocycles. The number of hydrogen-bond acceptors (Lipinski definition) is 4. The smallest absolute Gasteiger partial charge is 0.239 e. The predicted molar refractivity (Wildman–Crippen MR) is 115 cm³/mol. The summed E-state index contributed by atoms with van der Waals surface area (Å²) >= 11 is 5.90. The van der Waals surface area contributed by atoms with Crippen molar-refractivity contribution < 1.29 is 14.0 Å². The van der Waals surface area contributed by atoms with Crippen LogP contribution in [0, 0.1) is 0 Å². The van der Waals surface area contributed by atoms with Crippen molar-refractivity contribution in [3.05, 3.63) is 71.4 Å². The van der Waals surface area contributed by atoms with Crippen LogP contribution in [-0.4, -0.2) is 25.4 Å². The number of carbonyl (C=O) groups excluding carboxylic acids is 2. The molecule has 3 aromatic rings. The van der Waals surface area contributed by atoms with Crippen molar-refractivity contribution in [1.82, 2.24) is 5.32 Å². The van der Waals surface area contributed by atoms with Crippen molar-refractivity contribution in [1.29, 1.82) is 0 Å². The first-order chi connectivity index (χ1) is 13.9. The second-order valence-electron chi connectivity index (χ2n) is 6.50. The quantitative estimate of drug-likeness (QED) is 0.607. The van der Waals surface area contributed by atoms with Gasteiger partial charge in [0.25, 0.3) is 0 Å². The molecule has 7 heteroatoms. The number of rotatable bonds is 7. The first kappa shape index (κ1) is 20.5. The Morgan fingerprint density at radius 2 is 1.76 bits per heavy atom. The molecular formula is C22H22ClN3O3. The second-order valence-corrected chi connectivity index (χ2v) is 6.93. The zero-order valence-electron chi connectivity index (χ0n) is 16.2. The van der Waals surface area contributed by atoms with Gasteiger partial charge in [0.1, 0.15) is 11.5 Å². The Bertz CT molecular complexity index is 999. The van der Waals surface area contributed by atoms with Gasteiger partial charge in [-0.25, -0.2) is 0 Å². The van der Waals surface area contributed by atoms with Crippen LogP contribution >= 0.6 is 11.6 Å². The van der Waals surface area contributed by atoms with Gasteiger partial charge >= 0.3 is 0 Å². The highest BCUT2D eigenvalue weighted by molar-refractivity contribution is 6.30. The average Bonchev–Trinajstić information content (AvgIpc) is 3.20. The highest BCUT2D eigenvalue weighted by Crippen LogP contribution is 2.25. The van der Waals surface area contributed by atoms with Crippen molar-refractivity contribution in [2.45, 2.75) is 13.5 Å². The molecule has 0 saturated carbocycles. The van der Waals surface area contributed by atoms with E-state index in [0.29, 0.717) is 27.9 Å². The summed E-state index contributed by atoms with van der Waals surface area (Å²) in [5.74, 6) is 1.10. The number of nitrogens with zero attached hydrogens (tertiary/aromatic N) is 1. The van der Waals surface area contributed by atoms with Gasteiger partial charge in [-0.15, -0.1) is 0 Å². The molecule has 0 bridgehead atoms. The maximum absolute atomic E-state index is 12.2. The molecule has 0 atom stereocenters. The lowest BCUT2D eigenvalue weighted by Gasteiger charge is -2.19. The third-order valence-corrected chi connectivity index (χ3v) is 4.68. The minimum atomic E-state index is -0.185. The fourth-order valence-electron chi connectivity index (χ4n) is 2.75. The molecule has 0 aliphatic rings. The Morgan fingerprint density at radius 3 is 2.48 bits per heavy atom. The Labute approximate surface area is 174 Å². The summed E-state index contributed by atoms with van der Waals surface area (Å²) in [6, 6.07) is 18.4. The Kier molecular flexibility index (Phi) is 6.57. The number of nitrogens with one attached hydrogen (secondary N) is 2. The molecule has 0 aliphatic heterocycles. The van der Waals surface area contributed by atoms with E-state index in [1.165, 1.54) is 11.8 Å². The van der Waals surface area contributed by atoms with Gasteiger partial charge in [-0.1, -0.05) is 23.7 Å². The Balaban J connectivity index is 1.54. The van der Waals surface area contributed by atoms with E-state index in [1.807, 2.05) is 48.5 Å². The minimum Gasteiger partial charge on any atom is -0.459 e. The highest BCUT2D eigenvalue weighted by atomic mass is 35.5. The number of para-hydroxylation sites is 2. The van der Waals surface area contributed by atoms with Gasteiger partial charge in [-0.2, -0.15) is 0 Å². The van der Waals surface area contributed by atoms with Crippen LogP contribution in [0.15, 0.2) is 65.1 Å². The molecule has 0 saturated heterocycles. The number of halogens is 1. The largest absolute Gasteiger partial charge is 0.459 e. The topological polar surface area (TPSA) is 74.6 Å². The van der Waals surface area contributed by atoms with Crippen molar-refractivity contribution in [2.24, 2.45) is 0 Å². The molecule has 150 valence electrons. The molecule has 0 aliphatic carbocycles. The lowest BCUT2D eigenvalue weighted by Crippen LogP contribution is -2.30. The van der Waals surface area contributed by atoms with Gasteiger partial charge in [-0.05, 0) is 48.5 Å². The maximum Gasteiger partial charge on any atom is 0.239 e. The SMILES string of the molecule is CC(=O)N(C)c1ccccc1NCC(=O)NCc1ccc(-c2ccc(Cl)cc2)o1. The van der Waals surface area contributed by atoms with Gasteiger partial charge in [0.15, 0.2) is 0 Å². The monoisotopic (exact) mass is 411 g/mol. The van der Waals surface area contributed by atoms with Crippen molar-refractivity contribution >= 4 is 34.8 Å². The van der Waals surface area contributed by atoms with E-state index >= 15 is 0 Å². The van der Waals surface area contributed by atoms with Gasteiger partial charge in [0, 0.05) is 24.6 Å². The van der Waals surface area contributed by atoms with Crippen LogP contribution in [0.5, 0.6) is 0 Å². The summed E-state index contributed by atoms with van der Waals surface area (Å²) < 4.78 is 5.78. The number of benzene rings is 2. The lowest BCUT2D eigenvalue weighted by molar-refractivity contribution is -0.119. The van der Waals surface area contributed by atoms with Crippen molar-refractivity contribution in [3.63, 3.8) is 0 Å². The van der Waals surface area contributed by atoms with Crippen LogP contribution in [0.25, 0.3) is 11.3 Å². The van der Waals surface area contributed by atoms with E-state index in [0.717, 1.165) is 5.56 Å². The molecule has 29 heavy (non-hydrogen) atoms. The molecule has 0 unspecified atom stereocenters. The first-order valence-electron chi connectivity index (χ1n) is 9.12. The number of anilines is 2. The maximum atomic E-state index is 12.2. The zero-order valence-corrected chi connectivity index (χ0v) is 17.0. The molecule has 6 nitrogen and oxygen atoms in total. The van der Waals surface area contributed by atoms with E-state index in [9.17, 15) is 9.59 Å². The second kappa shape index (κ2) is 9.30. The summed E-state index contributed by atoms with van der Waals surface area (Å²) in [6.07, 6.45) is 0. The fraction of sp³-hybridized carbons (Fsp3) is 0.182.